The number of halogens is 1. The van der Waals surface area contributed by atoms with Gasteiger partial charge in [0, 0.05) is 25.0 Å². The largest absolute Gasteiger partial charge is 0.486 e. The second-order valence-corrected chi connectivity index (χ2v) is 8.02. The van der Waals surface area contributed by atoms with Crippen LogP contribution in [0.3, 0.4) is 0 Å². The molecule has 3 heterocycles. The Morgan fingerprint density at radius 1 is 1.19 bits per heavy atom. The predicted octanol–water partition coefficient (Wildman–Crippen LogP) is 3.41. The van der Waals surface area contributed by atoms with Crippen LogP contribution >= 0.6 is 12.4 Å². The van der Waals surface area contributed by atoms with Crippen LogP contribution in [0.2, 0.25) is 0 Å². The Hall–Kier alpha value is -1.46. The molecule has 0 aromatic heterocycles. The van der Waals surface area contributed by atoms with E-state index >= 15 is 0 Å². The molecular formula is C21H31ClN2O3. The quantitative estimate of drug-likeness (QED) is 0.803. The molecular weight excluding hydrogens is 364 g/mol. The molecule has 1 amide bonds. The van der Waals surface area contributed by atoms with Gasteiger partial charge in [-0.3, -0.25) is 4.79 Å². The van der Waals surface area contributed by atoms with Gasteiger partial charge >= 0.3 is 0 Å². The fourth-order valence-corrected chi connectivity index (χ4v) is 4.70. The SMILES string of the molecule is CCCN(CC1COc2ccccc2O1)C(=O)CC1CC2CCC(C1)N2.Cl. The minimum absolute atomic E-state index is 0. The fraction of sp³-hybridized carbons (Fsp3) is 0.667. The zero-order chi connectivity index (χ0) is 17.9. The lowest BCUT2D eigenvalue weighted by atomic mass is 9.89. The Balaban J connectivity index is 0.00000210. The molecule has 1 N–H and O–H groups in total. The van der Waals surface area contributed by atoms with Crippen LogP contribution in [0.1, 0.15) is 45.4 Å². The fourth-order valence-electron chi connectivity index (χ4n) is 4.70. The van der Waals surface area contributed by atoms with Crippen LogP contribution in [0.4, 0.5) is 0 Å². The molecule has 0 aliphatic carbocycles. The number of hydrogen-bond donors (Lipinski definition) is 1. The first-order chi connectivity index (χ1) is 12.7. The molecule has 5 nitrogen and oxygen atoms in total. The van der Waals surface area contributed by atoms with Gasteiger partial charge < -0.3 is 19.7 Å². The number of fused-ring (bicyclic) bond motifs is 3. The summed E-state index contributed by atoms with van der Waals surface area (Å²) in [6.45, 7) is 4.03. The van der Waals surface area contributed by atoms with Crippen LogP contribution in [0.15, 0.2) is 24.3 Å². The molecule has 1 aromatic rings. The van der Waals surface area contributed by atoms with Crippen LogP contribution in [0.5, 0.6) is 11.5 Å². The third-order valence-electron chi connectivity index (χ3n) is 5.87. The molecule has 1 aromatic carbocycles. The number of carbonyl (C=O) groups excluding carboxylic acids is 1. The van der Waals surface area contributed by atoms with Gasteiger partial charge in [0.25, 0.3) is 0 Å². The Bertz CT molecular complexity index is 630. The van der Waals surface area contributed by atoms with Crippen LogP contribution in [-0.2, 0) is 4.79 Å². The first kappa shape index (κ1) is 20.3. The van der Waals surface area contributed by atoms with E-state index in [0.717, 1.165) is 37.3 Å². The maximum absolute atomic E-state index is 13.0. The normalized spacial score (nSPS) is 28.3. The number of nitrogens with zero attached hydrogens (tertiary/aromatic N) is 1. The Morgan fingerprint density at radius 2 is 1.89 bits per heavy atom. The smallest absolute Gasteiger partial charge is 0.222 e. The summed E-state index contributed by atoms with van der Waals surface area (Å²) in [6, 6.07) is 9.02. The lowest BCUT2D eigenvalue weighted by molar-refractivity contribution is -0.134. The van der Waals surface area contributed by atoms with Crippen molar-refractivity contribution in [2.75, 3.05) is 19.7 Å². The highest BCUT2D eigenvalue weighted by atomic mass is 35.5. The van der Waals surface area contributed by atoms with E-state index in [2.05, 4.69) is 12.2 Å². The zero-order valence-electron chi connectivity index (χ0n) is 16.1. The number of nitrogens with one attached hydrogen (secondary N) is 1. The average Bonchev–Trinajstić information content (AvgIpc) is 2.99. The van der Waals surface area contributed by atoms with E-state index < -0.39 is 0 Å². The molecule has 2 fully saturated rings. The molecule has 0 spiro atoms. The first-order valence-electron chi connectivity index (χ1n) is 10.1. The summed E-state index contributed by atoms with van der Waals surface area (Å²) in [6.07, 6.45) is 6.41. The lowest BCUT2D eigenvalue weighted by Gasteiger charge is -2.33. The van der Waals surface area contributed by atoms with Crippen molar-refractivity contribution < 1.29 is 14.3 Å². The van der Waals surface area contributed by atoms with Crippen molar-refractivity contribution in [3.8, 4) is 11.5 Å². The Morgan fingerprint density at radius 3 is 2.59 bits per heavy atom. The first-order valence-corrected chi connectivity index (χ1v) is 10.1. The van der Waals surface area contributed by atoms with E-state index in [1.54, 1.807) is 0 Å². The molecule has 4 rings (SSSR count). The van der Waals surface area contributed by atoms with Gasteiger partial charge in [0.1, 0.15) is 6.61 Å². The van der Waals surface area contributed by atoms with Gasteiger partial charge in [0.2, 0.25) is 5.91 Å². The minimum atomic E-state index is -0.0930. The highest BCUT2D eigenvalue weighted by molar-refractivity contribution is 5.85. The number of piperidine rings is 1. The molecule has 27 heavy (non-hydrogen) atoms. The number of amides is 1. The maximum Gasteiger partial charge on any atom is 0.222 e. The Kier molecular flexibility index (Phi) is 6.88. The predicted molar refractivity (Wildman–Crippen MR) is 108 cm³/mol. The second-order valence-electron chi connectivity index (χ2n) is 8.02. The topological polar surface area (TPSA) is 50.8 Å². The van der Waals surface area contributed by atoms with Gasteiger partial charge in [-0.1, -0.05) is 19.1 Å². The molecule has 0 radical (unpaired) electrons. The summed E-state index contributed by atoms with van der Waals surface area (Å²) in [5, 5.41) is 3.66. The molecule has 0 saturated carbocycles. The number of ether oxygens (including phenoxy) is 2. The van der Waals surface area contributed by atoms with Crippen LogP contribution < -0.4 is 14.8 Å². The summed E-state index contributed by atoms with van der Waals surface area (Å²) in [4.78, 5) is 15.0. The summed E-state index contributed by atoms with van der Waals surface area (Å²) < 4.78 is 11.9. The second kappa shape index (κ2) is 9.16. The van der Waals surface area contributed by atoms with E-state index in [-0.39, 0.29) is 24.4 Å². The van der Waals surface area contributed by atoms with Gasteiger partial charge in [-0.2, -0.15) is 0 Å². The number of benzene rings is 1. The molecule has 3 aliphatic heterocycles. The van der Waals surface area contributed by atoms with E-state index in [4.69, 9.17) is 9.47 Å². The maximum atomic E-state index is 13.0. The molecule has 150 valence electrons. The van der Waals surface area contributed by atoms with Gasteiger partial charge in [0.05, 0.1) is 6.54 Å². The van der Waals surface area contributed by atoms with Gasteiger partial charge in [-0.15, -0.1) is 12.4 Å². The van der Waals surface area contributed by atoms with Crippen molar-refractivity contribution in [2.45, 2.75) is 63.6 Å². The lowest BCUT2D eigenvalue weighted by Crippen LogP contribution is -2.45. The molecule has 3 aliphatic rings. The summed E-state index contributed by atoms with van der Waals surface area (Å²) >= 11 is 0. The Labute approximate surface area is 168 Å². The molecule has 6 heteroatoms. The average molecular weight is 395 g/mol. The molecule has 3 unspecified atom stereocenters. The highest BCUT2D eigenvalue weighted by Crippen LogP contribution is 2.34. The molecule has 2 bridgehead atoms. The van der Waals surface area contributed by atoms with Gasteiger partial charge in [-0.05, 0) is 50.2 Å². The van der Waals surface area contributed by atoms with Crippen molar-refractivity contribution in [3.63, 3.8) is 0 Å². The van der Waals surface area contributed by atoms with Crippen LogP contribution in [0.25, 0.3) is 0 Å². The number of para-hydroxylation sites is 2. The van der Waals surface area contributed by atoms with Crippen LogP contribution in [0, 0.1) is 5.92 Å². The summed E-state index contributed by atoms with van der Waals surface area (Å²) in [5.41, 5.74) is 0. The number of rotatable bonds is 6. The van der Waals surface area contributed by atoms with Crippen molar-refractivity contribution in [1.82, 2.24) is 10.2 Å². The summed E-state index contributed by atoms with van der Waals surface area (Å²) in [7, 11) is 0. The third-order valence-corrected chi connectivity index (χ3v) is 5.87. The van der Waals surface area contributed by atoms with Crippen molar-refractivity contribution >= 4 is 18.3 Å². The minimum Gasteiger partial charge on any atom is -0.486 e. The van der Waals surface area contributed by atoms with Crippen molar-refractivity contribution in [3.05, 3.63) is 24.3 Å². The van der Waals surface area contributed by atoms with E-state index in [1.807, 2.05) is 29.2 Å². The third kappa shape index (κ3) is 4.88. The van der Waals surface area contributed by atoms with E-state index in [0.29, 0.717) is 37.6 Å². The monoisotopic (exact) mass is 394 g/mol. The van der Waals surface area contributed by atoms with Crippen LogP contribution in [-0.4, -0.2) is 48.7 Å². The molecule has 3 atom stereocenters. The highest BCUT2D eigenvalue weighted by Gasteiger charge is 2.35. The zero-order valence-corrected chi connectivity index (χ0v) is 16.9. The summed E-state index contributed by atoms with van der Waals surface area (Å²) in [5.74, 6) is 2.38. The van der Waals surface area contributed by atoms with Crippen molar-refractivity contribution in [1.29, 1.82) is 0 Å². The van der Waals surface area contributed by atoms with E-state index in [1.165, 1.54) is 12.8 Å². The standard InChI is InChI=1S/C21H30N2O3.ClH/c1-2-9-23(13-18-14-25-19-5-3-4-6-20(19)26-18)21(24)12-15-10-16-7-8-17(11-15)22-16;/h3-6,15-18,22H,2,7-14H2,1H3;1H. The van der Waals surface area contributed by atoms with Crippen molar-refractivity contribution in [2.24, 2.45) is 5.92 Å². The van der Waals surface area contributed by atoms with Gasteiger partial charge in [-0.25, -0.2) is 0 Å². The number of carbonyl (C=O) groups is 1. The number of hydrogen-bond acceptors (Lipinski definition) is 4. The van der Waals surface area contributed by atoms with E-state index in [9.17, 15) is 4.79 Å². The molecule has 2 saturated heterocycles. The van der Waals surface area contributed by atoms with Gasteiger partial charge in [0.15, 0.2) is 17.6 Å².